The molecule has 6 heteroatoms. The molecule has 0 spiro atoms. The number of benzene rings is 1. The molecule has 0 bridgehead atoms. The largest absolute Gasteiger partial charge is 0.497 e. The zero-order valence-electron chi connectivity index (χ0n) is 14.0. The van der Waals surface area contributed by atoms with E-state index in [4.69, 9.17) is 19.4 Å². The Hall–Kier alpha value is -1.79. The zero-order valence-corrected chi connectivity index (χ0v) is 14.0. The van der Waals surface area contributed by atoms with Crippen LogP contribution in [0.4, 0.5) is 0 Å². The maximum absolute atomic E-state index is 10.6. The molecule has 0 aliphatic carbocycles. The first-order chi connectivity index (χ1) is 11.0. The van der Waals surface area contributed by atoms with E-state index in [1.165, 1.54) is 0 Å². The van der Waals surface area contributed by atoms with E-state index in [1.807, 2.05) is 31.0 Å². The molecule has 128 valence electrons. The van der Waals surface area contributed by atoms with Crippen LogP contribution in [0.3, 0.4) is 0 Å². The van der Waals surface area contributed by atoms with Crippen molar-refractivity contribution >= 4 is 5.97 Å². The van der Waals surface area contributed by atoms with Crippen molar-refractivity contribution in [2.45, 2.75) is 39.2 Å². The Balaban J connectivity index is 2.05. The van der Waals surface area contributed by atoms with Gasteiger partial charge in [-0.3, -0.25) is 0 Å². The summed E-state index contributed by atoms with van der Waals surface area (Å²) in [7, 11) is 1.65. The molecule has 1 atom stereocenters. The van der Waals surface area contributed by atoms with Crippen molar-refractivity contribution in [3.05, 3.63) is 23.3 Å². The average Bonchev–Trinajstić information content (AvgIpc) is 2.51. The van der Waals surface area contributed by atoms with Crippen LogP contribution < -0.4 is 9.57 Å². The van der Waals surface area contributed by atoms with Crippen LogP contribution in [-0.4, -0.2) is 49.0 Å². The van der Waals surface area contributed by atoms with Crippen molar-refractivity contribution in [2.24, 2.45) is 0 Å². The van der Waals surface area contributed by atoms with Gasteiger partial charge in [-0.05, 0) is 49.9 Å². The van der Waals surface area contributed by atoms with E-state index < -0.39 is 5.97 Å². The first kappa shape index (κ1) is 17.6. The van der Waals surface area contributed by atoms with E-state index in [0.717, 1.165) is 48.4 Å². The van der Waals surface area contributed by atoms with Gasteiger partial charge >= 0.3 is 5.97 Å². The topological polar surface area (TPSA) is 68.2 Å². The molecule has 0 aromatic heterocycles. The molecule has 1 heterocycles. The lowest BCUT2D eigenvalue weighted by molar-refractivity contribution is -0.150. The maximum atomic E-state index is 10.6. The van der Waals surface area contributed by atoms with Gasteiger partial charge < -0.3 is 19.4 Å². The van der Waals surface area contributed by atoms with Crippen molar-refractivity contribution in [3.8, 4) is 11.5 Å². The van der Waals surface area contributed by atoms with Crippen LogP contribution in [0.5, 0.6) is 11.5 Å². The molecule has 23 heavy (non-hydrogen) atoms. The molecular formula is C17H25NO5. The van der Waals surface area contributed by atoms with Crippen LogP contribution in [0.2, 0.25) is 0 Å². The van der Waals surface area contributed by atoms with Gasteiger partial charge in [-0.2, -0.15) is 0 Å². The summed E-state index contributed by atoms with van der Waals surface area (Å²) >= 11 is 0. The summed E-state index contributed by atoms with van der Waals surface area (Å²) in [5, 5.41) is 10.6. The molecule has 1 aliphatic heterocycles. The normalized spacial score (nSPS) is 18.7. The van der Waals surface area contributed by atoms with Crippen molar-refractivity contribution in [3.63, 3.8) is 0 Å². The van der Waals surface area contributed by atoms with Crippen LogP contribution in [0.25, 0.3) is 0 Å². The molecule has 1 aromatic carbocycles. The van der Waals surface area contributed by atoms with Crippen LogP contribution in [0.15, 0.2) is 12.1 Å². The van der Waals surface area contributed by atoms with Crippen molar-refractivity contribution in [1.82, 2.24) is 5.06 Å². The predicted molar refractivity (Wildman–Crippen MR) is 85.9 cm³/mol. The summed E-state index contributed by atoms with van der Waals surface area (Å²) in [6, 6.07) is 3.97. The lowest BCUT2D eigenvalue weighted by atomic mass is 10.1. The predicted octanol–water partition coefficient (Wildman–Crippen LogP) is 2.56. The lowest BCUT2D eigenvalue weighted by Gasteiger charge is -2.35. The first-order valence-corrected chi connectivity index (χ1v) is 7.90. The number of nitrogens with zero attached hydrogens (tertiary/aromatic N) is 1. The highest BCUT2D eigenvalue weighted by molar-refractivity contribution is 5.67. The summed E-state index contributed by atoms with van der Waals surface area (Å²) in [5.41, 5.74) is 2.02. The number of aryl methyl sites for hydroxylation is 2. The van der Waals surface area contributed by atoms with Crippen LogP contribution in [-0.2, 0) is 9.53 Å². The maximum Gasteiger partial charge on any atom is 0.329 e. The molecule has 1 unspecified atom stereocenters. The van der Waals surface area contributed by atoms with Crippen LogP contribution >= 0.6 is 0 Å². The quantitative estimate of drug-likeness (QED) is 0.832. The molecule has 0 amide bonds. The molecule has 1 N–H and O–H groups in total. The summed E-state index contributed by atoms with van der Waals surface area (Å²) in [4.78, 5) is 16.7. The van der Waals surface area contributed by atoms with E-state index in [-0.39, 0.29) is 12.6 Å². The number of carbonyl (C=O) groups is 1. The van der Waals surface area contributed by atoms with E-state index in [1.54, 1.807) is 7.11 Å². The number of carboxylic acids is 1. The summed E-state index contributed by atoms with van der Waals surface area (Å²) in [5.74, 6) is 0.693. The van der Waals surface area contributed by atoms with Gasteiger partial charge in [0.25, 0.3) is 0 Å². The van der Waals surface area contributed by atoms with Crippen LogP contribution in [0, 0.1) is 13.8 Å². The number of hydroxylamine groups is 2. The molecule has 6 nitrogen and oxygen atoms in total. The van der Waals surface area contributed by atoms with Crippen molar-refractivity contribution in [1.29, 1.82) is 0 Å². The van der Waals surface area contributed by atoms with E-state index in [0.29, 0.717) is 6.61 Å². The molecular weight excluding hydrogens is 298 g/mol. The number of hydrogen-bond acceptors (Lipinski definition) is 5. The third-order valence-electron chi connectivity index (χ3n) is 3.99. The number of hydrogen-bond donors (Lipinski definition) is 1. The fourth-order valence-electron chi connectivity index (χ4n) is 2.83. The third kappa shape index (κ3) is 4.84. The summed E-state index contributed by atoms with van der Waals surface area (Å²) in [6.07, 6.45) is 3.10. The SMILES string of the molecule is COc1cc(C)c(ON2CCCCC2COCC(=O)O)c(C)c1. The van der Waals surface area contributed by atoms with Gasteiger partial charge in [-0.25, -0.2) is 4.79 Å². The Kier molecular flexibility index (Phi) is 6.24. The Morgan fingerprint density at radius 1 is 1.30 bits per heavy atom. The molecule has 1 saturated heterocycles. The van der Waals surface area contributed by atoms with Crippen LogP contribution in [0.1, 0.15) is 30.4 Å². The van der Waals surface area contributed by atoms with E-state index in [2.05, 4.69) is 0 Å². The van der Waals surface area contributed by atoms with Gasteiger partial charge in [0.2, 0.25) is 0 Å². The second kappa shape index (κ2) is 8.17. The van der Waals surface area contributed by atoms with Gasteiger partial charge in [-0.1, -0.05) is 6.42 Å². The minimum Gasteiger partial charge on any atom is -0.497 e. The molecule has 1 fully saturated rings. The van der Waals surface area contributed by atoms with Gasteiger partial charge in [0.15, 0.2) is 5.75 Å². The number of ether oxygens (including phenoxy) is 2. The monoisotopic (exact) mass is 323 g/mol. The highest BCUT2D eigenvalue weighted by atomic mass is 16.7. The van der Waals surface area contributed by atoms with Gasteiger partial charge in [0, 0.05) is 6.54 Å². The standard InChI is InChI=1S/C17H25NO5/c1-12-8-15(21-3)9-13(2)17(12)23-18-7-5-4-6-14(18)10-22-11-16(19)20/h8-9,14H,4-7,10-11H2,1-3H3,(H,19,20). The summed E-state index contributed by atoms with van der Waals surface area (Å²) in [6.45, 7) is 4.88. The smallest absolute Gasteiger partial charge is 0.329 e. The molecule has 2 rings (SSSR count). The third-order valence-corrected chi connectivity index (χ3v) is 3.99. The Morgan fingerprint density at radius 2 is 2.00 bits per heavy atom. The van der Waals surface area contributed by atoms with Crippen molar-refractivity contribution < 1.29 is 24.2 Å². The molecule has 1 aromatic rings. The van der Waals surface area contributed by atoms with E-state index in [9.17, 15) is 4.79 Å². The highest BCUT2D eigenvalue weighted by Gasteiger charge is 2.26. The van der Waals surface area contributed by atoms with Gasteiger partial charge in [0.05, 0.1) is 19.8 Å². The highest BCUT2D eigenvalue weighted by Crippen LogP contribution is 2.30. The minimum absolute atomic E-state index is 0.0731. The zero-order chi connectivity index (χ0) is 16.8. The lowest BCUT2D eigenvalue weighted by Crippen LogP contribution is -2.45. The van der Waals surface area contributed by atoms with Gasteiger partial charge in [0.1, 0.15) is 12.4 Å². The Labute approximate surface area is 136 Å². The Morgan fingerprint density at radius 3 is 2.61 bits per heavy atom. The number of rotatable bonds is 7. The number of aliphatic carboxylic acids is 1. The molecule has 1 aliphatic rings. The molecule has 0 saturated carbocycles. The van der Waals surface area contributed by atoms with E-state index >= 15 is 0 Å². The van der Waals surface area contributed by atoms with Crippen molar-refractivity contribution in [2.75, 3.05) is 26.9 Å². The number of methoxy groups -OCH3 is 1. The Bertz CT molecular complexity index is 523. The first-order valence-electron chi connectivity index (χ1n) is 7.90. The minimum atomic E-state index is -0.949. The number of piperidine rings is 1. The fraction of sp³-hybridized carbons (Fsp3) is 0.588. The number of carboxylic acid groups (broad SMARTS) is 1. The molecule has 0 radical (unpaired) electrons. The fourth-order valence-corrected chi connectivity index (χ4v) is 2.83. The second-order valence-electron chi connectivity index (χ2n) is 5.88. The van der Waals surface area contributed by atoms with Gasteiger partial charge in [-0.15, -0.1) is 5.06 Å². The summed E-state index contributed by atoms with van der Waals surface area (Å²) < 4.78 is 10.5. The average molecular weight is 323 g/mol. The second-order valence-corrected chi connectivity index (χ2v) is 5.88.